The van der Waals surface area contributed by atoms with Crippen molar-refractivity contribution >= 4 is 50.8 Å². The molecule has 0 aliphatic carbocycles. The van der Waals surface area contributed by atoms with Gasteiger partial charge in [-0.05, 0) is 31.2 Å². The first-order valence-corrected chi connectivity index (χ1v) is 10.7. The molecule has 1 unspecified atom stereocenters. The van der Waals surface area contributed by atoms with E-state index in [-0.39, 0.29) is 23.6 Å². The van der Waals surface area contributed by atoms with Crippen molar-refractivity contribution in [1.82, 2.24) is 4.98 Å². The highest BCUT2D eigenvalue weighted by atomic mass is 32.2. The minimum atomic E-state index is -0.389. The summed E-state index contributed by atoms with van der Waals surface area (Å²) in [4.78, 5) is 30.2. The van der Waals surface area contributed by atoms with Crippen LogP contribution in [0.15, 0.2) is 53.4 Å². The zero-order valence-corrected chi connectivity index (χ0v) is 17.4. The first-order chi connectivity index (χ1) is 13.4. The van der Waals surface area contributed by atoms with Gasteiger partial charge in [0.05, 0.1) is 28.7 Å². The summed E-state index contributed by atoms with van der Waals surface area (Å²) in [5, 5.41) is 3.97. The Bertz CT molecular complexity index is 956. The third-order valence-electron chi connectivity index (χ3n) is 4.39. The van der Waals surface area contributed by atoms with Crippen LogP contribution in [-0.4, -0.2) is 36.1 Å². The normalized spacial score (nSPS) is 13.2. The summed E-state index contributed by atoms with van der Waals surface area (Å²) < 4.78 is 1.15. The van der Waals surface area contributed by atoms with Gasteiger partial charge < -0.3 is 16.0 Å². The molecule has 4 N–H and O–H groups in total. The monoisotopic (exact) mass is 415 g/mol. The van der Waals surface area contributed by atoms with Gasteiger partial charge in [-0.3, -0.25) is 9.59 Å². The molecule has 3 rings (SSSR count). The van der Waals surface area contributed by atoms with Crippen LogP contribution in [-0.2, 0) is 9.59 Å². The van der Waals surface area contributed by atoms with Gasteiger partial charge in [-0.25, -0.2) is 4.98 Å². The number of nitrogens with two attached hydrogens (primary N) is 1. The van der Waals surface area contributed by atoms with E-state index in [2.05, 4.69) is 18.3 Å². The van der Waals surface area contributed by atoms with Gasteiger partial charge in [-0.1, -0.05) is 24.3 Å². The molecule has 0 saturated carbocycles. The number of fused-ring (bicyclic) bond motifs is 1. The molecule has 2 aromatic carbocycles. The van der Waals surface area contributed by atoms with E-state index in [0.29, 0.717) is 12.2 Å². The first-order valence-electron chi connectivity index (χ1n) is 8.92. The number of nitrogens with one attached hydrogen (secondary N) is 2. The number of primary amides is 1. The van der Waals surface area contributed by atoms with E-state index >= 15 is 0 Å². The number of hydrogen-bond acceptors (Lipinski definition) is 5. The van der Waals surface area contributed by atoms with Crippen LogP contribution in [0.25, 0.3) is 10.2 Å². The molecule has 1 aromatic heterocycles. The Labute approximate surface area is 172 Å². The summed E-state index contributed by atoms with van der Waals surface area (Å²) in [7, 11) is 1.99. The van der Waals surface area contributed by atoms with Crippen molar-refractivity contribution in [3.05, 3.63) is 53.5 Å². The number of likely N-dealkylation sites (N-methyl/N-ethyl adjacent to an activating group) is 1. The van der Waals surface area contributed by atoms with E-state index in [1.54, 1.807) is 11.3 Å². The van der Waals surface area contributed by atoms with Crippen LogP contribution < -0.4 is 16.0 Å². The average molecular weight is 416 g/mol. The fourth-order valence-electron chi connectivity index (χ4n) is 2.73. The summed E-state index contributed by atoms with van der Waals surface area (Å²) in [6, 6.07) is 15.6. The topological polar surface area (TPSA) is 89.5 Å². The highest BCUT2D eigenvalue weighted by Crippen LogP contribution is 2.27. The Balaban J connectivity index is 1.63. The lowest BCUT2D eigenvalue weighted by Crippen LogP contribution is -3.10. The number of aromatic nitrogens is 1. The van der Waals surface area contributed by atoms with Gasteiger partial charge in [0.15, 0.2) is 11.6 Å². The molecule has 146 valence electrons. The Morgan fingerprint density at radius 2 is 1.93 bits per heavy atom. The molecule has 0 saturated heterocycles. The number of amides is 2. The van der Waals surface area contributed by atoms with Crippen LogP contribution in [0.1, 0.15) is 18.0 Å². The van der Waals surface area contributed by atoms with E-state index < -0.39 is 0 Å². The van der Waals surface area contributed by atoms with Crippen LogP contribution in [0.4, 0.5) is 5.69 Å². The van der Waals surface area contributed by atoms with Crippen molar-refractivity contribution in [2.24, 2.45) is 5.73 Å². The maximum absolute atomic E-state index is 12.6. The standard InChI is InChI=1S/C20H22N4O2S2/c1-13(20-23-15-8-4-6-10-17(15)28-20)24(2)11-19(26)22-14-7-3-5-9-16(14)27-12-18(21)25/h3-10,13H,11-12H2,1-2H3,(H2,21,25)(H,22,26)/p+1/t13-/m0/s1. The number of hydrogen-bond donors (Lipinski definition) is 3. The number of thioether (sulfide) groups is 1. The van der Waals surface area contributed by atoms with E-state index in [1.807, 2.05) is 49.5 Å². The summed E-state index contributed by atoms with van der Waals surface area (Å²) in [5.74, 6) is -0.301. The van der Waals surface area contributed by atoms with E-state index in [1.165, 1.54) is 11.8 Å². The average Bonchev–Trinajstić information content (AvgIpc) is 3.10. The van der Waals surface area contributed by atoms with Gasteiger partial charge in [-0.15, -0.1) is 23.1 Å². The predicted molar refractivity (Wildman–Crippen MR) is 115 cm³/mol. The summed E-state index contributed by atoms with van der Waals surface area (Å²) in [6.07, 6.45) is 0. The molecule has 2 amide bonds. The fraction of sp³-hybridized carbons (Fsp3) is 0.250. The zero-order valence-electron chi connectivity index (χ0n) is 15.8. The van der Waals surface area contributed by atoms with Crippen molar-refractivity contribution in [1.29, 1.82) is 0 Å². The lowest BCUT2D eigenvalue weighted by Gasteiger charge is -2.19. The number of nitrogens with zero attached hydrogens (tertiary/aromatic N) is 1. The number of quaternary nitrogens is 1. The van der Waals surface area contributed by atoms with Crippen LogP contribution in [0.2, 0.25) is 0 Å². The molecule has 6 nitrogen and oxygen atoms in total. The Hall–Kier alpha value is -2.42. The predicted octanol–water partition coefficient (Wildman–Crippen LogP) is 2.09. The second kappa shape index (κ2) is 9.18. The molecule has 0 aliphatic heterocycles. The molecule has 0 spiro atoms. The Morgan fingerprint density at radius 3 is 2.68 bits per heavy atom. The maximum Gasteiger partial charge on any atom is 0.279 e. The minimum absolute atomic E-state index is 0.0856. The third kappa shape index (κ3) is 5.09. The number of carbonyl (C=O) groups is 2. The molecular formula is C20H23N4O2S2+. The van der Waals surface area contributed by atoms with E-state index in [9.17, 15) is 9.59 Å². The van der Waals surface area contributed by atoms with Crippen molar-refractivity contribution < 1.29 is 14.5 Å². The summed E-state index contributed by atoms with van der Waals surface area (Å²) in [5.41, 5.74) is 6.90. The van der Waals surface area contributed by atoms with Gasteiger partial charge >= 0.3 is 0 Å². The molecule has 0 bridgehead atoms. The number of para-hydroxylation sites is 2. The number of rotatable bonds is 8. The number of benzene rings is 2. The van der Waals surface area contributed by atoms with Crippen LogP contribution >= 0.6 is 23.1 Å². The number of carbonyl (C=O) groups excluding carboxylic acids is 2. The highest BCUT2D eigenvalue weighted by molar-refractivity contribution is 8.00. The molecule has 0 fully saturated rings. The van der Waals surface area contributed by atoms with E-state index in [0.717, 1.165) is 25.0 Å². The summed E-state index contributed by atoms with van der Waals surface area (Å²) >= 11 is 2.98. The first kappa shape index (κ1) is 20.3. The van der Waals surface area contributed by atoms with Crippen LogP contribution in [0, 0.1) is 0 Å². The van der Waals surface area contributed by atoms with Gasteiger partial charge in [0.1, 0.15) is 6.04 Å². The lowest BCUT2D eigenvalue weighted by molar-refractivity contribution is -0.902. The molecule has 3 aromatic rings. The largest absolute Gasteiger partial charge is 0.369 e. The second-order valence-electron chi connectivity index (χ2n) is 6.56. The molecule has 8 heteroatoms. The number of thiazole rings is 1. The molecule has 28 heavy (non-hydrogen) atoms. The Kier molecular flexibility index (Phi) is 6.66. The quantitative estimate of drug-likeness (QED) is 0.492. The Morgan fingerprint density at radius 1 is 1.21 bits per heavy atom. The molecule has 0 aliphatic rings. The van der Waals surface area contributed by atoms with E-state index in [4.69, 9.17) is 10.7 Å². The van der Waals surface area contributed by atoms with Crippen molar-refractivity contribution in [2.75, 3.05) is 24.7 Å². The van der Waals surface area contributed by atoms with Gasteiger partial charge in [0, 0.05) is 4.90 Å². The molecule has 1 heterocycles. The highest BCUT2D eigenvalue weighted by Gasteiger charge is 2.22. The number of anilines is 1. The zero-order chi connectivity index (χ0) is 20.1. The molecular weight excluding hydrogens is 392 g/mol. The van der Waals surface area contributed by atoms with Crippen molar-refractivity contribution in [2.45, 2.75) is 17.9 Å². The van der Waals surface area contributed by atoms with Crippen LogP contribution in [0.5, 0.6) is 0 Å². The van der Waals surface area contributed by atoms with Gasteiger partial charge in [0.2, 0.25) is 5.91 Å². The molecule has 0 radical (unpaired) electrons. The fourth-order valence-corrected chi connectivity index (χ4v) is 4.59. The SMILES string of the molecule is C[C@@H](c1nc2ccccc2s1)[NH+](C)CC(=O)Nc1ccccc1SCC(N)=O. The smallest absolute Gasteiger partial charge is 0.279 e. The second-order valence-corrected chi connectivity index (χ2v) is 8.64. The summed E-state index contributed by atoms with van der Waals surface area (Å²) in [6.45, 7) is 2.39. The van der Waals surface area contributed by atoms with Gasteiger partial charge in [0.25, 0.3) is 5.91 Å². The maximum atomic E-state index is 12.6. The lowest BCUT2D eigenvalue weighted by atomic mass is 10.3. The van der Waals surface area contributed by atoms with Crippen LogP contribution in [0.3, 0.4) is 0 Å². The molecule has 2 atom stereocenters. The minimum Gasteiger partial charge on any atom is -0.369 e. The van der Waals surface area contributed by atoms with Crippen molar-refractivity contribution in [3.63, 3.8) is 0 Å². The third-order valence-corrected chi connectivity index (χ3v) is 6.71. The van der Waals surface area contributed by atoms with Crippen molar-refractivity contribution in [3.8, 4) is 0 Å². The van der Waals surface area contributed by atoms with Gasteiger partial charge in [-0.2, -0.15) is 0 Å².